The monoisotopic (exact) mass is 288 g/mol. The summed E-state index contributed by atoms with van der Waals surface area (Å²) in [7, 11) is 1.46. The van der Waals surface area contributed by atoms with Crippen molar-refractivity contribution in [1.82, 2.24) is 4.98 Å². The second-order valence-corrected chi connectivity index (χ2v) is 4.34. The highest BCUT2D eigenvalue weighted by Gasteiger charge is 2.16. The Labute approximate surface area is 121 Å². The van der Waals surface area contributed by atoms with Crippen molar-refractivity contribution >= 4 is 17.2 Å². The molecule has 0 amide bonds. The third-order valence-electron chi connectivity index (χ3n) is 2.90. The molecule has 0 radical (unpaired) electrons. The van der Waals surface area contributed by atoms with Crippen LogP contribution in [0.3, 0.4) is 0 Å². The molecular weight excluding hydrogens is 272 g/mol. The Bertz CT molecular complexity index is 629. The molecule has 7 heteroatoms. The van der Waals surface area contributed by atoms with E-state index in [0.29, 0.717) is 18.1 Å². The summed E-state index contributed by atoms with van der Waals surface area (Å²) >= 11 is 0. The van der Waals surface area contributed by atoms with Gasteiger partial charge in [0.25, 0.3) is 0 Å². The summed E-state index contributed by atoms with van der Waals surface area (Å²) in [5.41, 5.74) is 7.20. The lowest BCUT2D eigenvalue weighted by Gasteiger charge is -2.08. The van der Waals surface area contributed by atoms with Crippen LogP contribution in [-0.4, -0.2) is 23.6 Å². The average Bonchev–Trinajstić information content (AvgIpc) is 2.49. The van der Waals surface area contributed by atoms with Crippen LogP contribution in [0, 0.1) is 10.1 Å². The molecule has 1 aromatic carbocycles. The van der Waals surface area contributed by atoms with Crippen molar-refractivity contribution in [2.45, 2.75) is 6.42 Å². The summed E-state index contributed by atoms with van der Waals surface area (Å²) in [4.78, 5) is 14.6. The van der Waals surface area contributed by atoms with E-state index >= 15 is 0 Å². The van der Waals surface area contributed by atoms with E-state index < -0.39 is 4.92 Å². The van der Waals surface area contributed by atoms with E-state index in [9.17, 15) is 10.1 Å². The molecule has 2 rings (SSSR count). The number of pyridine rings is 1. The van der Waals surface area contributed by atoms with Gasteiger partial charge in [-0.3, -0.25) is 10.1 Å². The highest BCUT2D eigenvalue weighted by atomic mass is 16.6. The van der Waals surface area contributed by atoms with Crippen molar-refractivity contribution in [1.29, 1.82) is 0 Å². The lowest BCUT2D eigenvalue weighted by atomic mass is 10.1. The van der Waals surface area contributed by atoms with Gasteiger partial charge in [-0.2, -0.15) is 4.98 Å². The van der Waals surface area contributed by atoms with Crippen molar-refractivity contribution in [3.05, 3.63) is 52.1 Å². The number of anilines is 2. The van der Waals surface area contributed by atoms with Crippen LogP contribution in [-0.2, 0) is 6.42 Å². The molecule has 0 saturated heterocycles. The maximum atomic E-state index is 11.0. The topological polar surface area (TPSA) is 103 Å². The number of hydrogen-bond acceptors (Lipinski definition) is 6. The quantitative estimate of drug-likeness (QED) is 0.624. The maximum absolute atomic E-state index is 11.0. The van der Waals surface area contributed by atoms with Crippen LogP contribution in [0.4, 0.5) is 17.2 Å². The van der Waals surface area contributed by atoms with Gasteiger partial charge in [-0.05, 0) is 30.7 Å². The molecule has 1 heterocycles. The molecule has 0 fully saturated rings. The van der Waals surface area contributed by atoms with E-state index in [-0.39, 0.29) is 11.5 Å². The van der Waals surface area contributed by atoms with Gasteiger partial charge in [0.05, 0.1) is 12.0 Å². The zero-order chi connectivity index (χ0) is 15.2. The SMILES string of the molecule is COc1ccc([N+](=O)[O-])c(Nc2ccc(CCN)cc2)n1. The van der Waals surface area contributed by atoms with Crippen molar-refractivity contribution in [3.63, 3.8) is 0 Å². The smallest absolute Gasteiger partial charge is 0.311 e. The van der Waals surface area contributed by atoms with Gasteiger partial charge >= 0.3 is 5.69 Å². The van der Waals surface area contributed by atoms with E-state index in [1.54, 1.807) is 0 Å². The summed E-state index contributed by atoms with van der Waals surface area (Å²) < 4.78 is 4.99. The van der Waals surface area contributed by atoms with Crippen LogP contribution in [0.15, 0.2) is 36.4 Å². The second-order valence-electron chi connectivity index (χ2n) is 4.34. The fraction of sp³-hybridized carbons (Fsp3) is 0.214. The number of benzene rings is 1. The number of nitrogens with one attached hydrogen (secondary N) is 1. The van der Waals surface area contributed by atoms with Crippen molar-refractivity contribution in [2.24, 2.45) is 5.73 Å². The highest BCUT2D eigenvalue weighted by Crippen LogP contribution is 2.27. The minimum absolute atomic E-state index is 0.109. The number of aromatic nitrogens is 1. The fourth-order valence-electron chi connectivity index (χ4n) is 1.85. The molecule has 21 heavy (non-hydrogen) atoms. The molecule has 0 atom stereocenters. The first-order valence-electron chi connectivity index (χ1n) is 6.39. The normalized spacial score (nSPS) is 10.2. The lowest BCUT2D eigenvalue weighted by Crippen LogP contribution is -2.03. The van der Waals surface area contributed by atoms with Crippen LogP contribution in [0.5, 0.6) is 5.88 Å². The zero-order valence-electron chi connectivity index (χ0n) is 11.6. The van der Waals surface area contributed by atoms with E-state index in [2.05, 4.69) is 10.3 Å². The van der Waals surface area contributed by atoms with Gasteiger partial charge in [-0.25, -0.2) is 0 Å². The van der Waals surface area contributed by atoms with Crippen molar-refractivity contribution < 1.29 is 9.66 Å². The molecule has 0 aliphatic carbocycles. The Kier molecular flexibility index (Phi) is 4.68. The Morgan fingerprint density at radius 1 is 1.29 bits per heavy atom. The van der Waals surface area contributed by atoms with Gasteiger partial charge in [0.2, 0.25) is 11.7 Å². The van der Waals surface area contributed by atoms with E-state index in [0.717, 1.165) is 12.0 Å². The lowest BCUT2D eigenvalue weighted by molar-refractivity contribution is -0.384. The first-order chi connectivity index (χ1) is 10.1. The van der Waals surface area contributed by atoms with Crippen LogP contribution < -0.4 is 15.8 Å². The summed E-state index contributed by atoms with van der Waals surface area (Å²) in [6.07, 6.45) is 0.790. The number of nitrogens with zero attached hydrogens (tertiary/aromatic N) is 2. The standard InChI is InChI=1S/C14H16N4O3/c1-21-13-7-6-12(18(19)20)14(17-13)16-11-4-2-10(3-5-11)8-9-15/h2-7H,8-9,15H2,1H3,(H,16,17). The van der Waals surface area contributed by atoms with Crippen LogP contribution in [0.25, 0.3) is 0 Å². The molecule has 7 nitrogen and oxygen atoms in total. The molecule has 0 aliphatic rings. The Balaban J connectivity index is 2.26. The molecule has 0 saturated carbocycles. The number of methoxy groups -OCH3 is 1. The van der Waals surface area contributed by atoms with Crippen molar-refractivity contribution in [3.8, 4) is 5.88 Å². The summed E-state index contributed by atoms with van der Waals surface area (Å²) in [5, 5.41) is 14.0. The molecule has 0 unspecified atom stereocenters. The van der Waals surface area contributed by atoms with Gasteiger partial charge < -0.3 is 15.8 Å². The molecule has 1 aromatic heterocycles. The van der Waals surface area contributed by atoms with Gasteiger partial charge in [0, 0.05) is 17.8 Å². The predicted molar refractivity (Wildman–Crippen MR) is 79.9 cm³/mol. The zero-order valence-corrected chi connectivity index (χ0v) is 11.6. The summed E-state index contributed by atoms with van der Waals surface area (Å²) in [5.74, 6) is 0.453. The van der Waals surface area contributed by atoms with Gasteiger partial charge in [0.15, 0.2) is 0 Å². The average molecular weight is 288 g/mol. The molecular formula is C14H16N4O3. The first-order valence-corrected chi connectivity index (χ1v) is 6.39. The minimum Gasteiger partial charge on any atom is -0.481 e. The first kappa shape index (κ1) is 14.7. The summed E-state index contributed by atoms with van der Waals surface area (Å²) in [6, 6.07) is 10.3. The predicted octanol–water partition coefficient (Wildman–Crippen LogP) is 2.24. The number of nitrogens with two attached hydrogens (primary N) is 1. The second kappa shape index (κ2) is 6.67. The Morgan fingerprint density at radius 2 is 2.00 bits per heavy atom. The van der Waals surface area contributed by atoms with Crippen LogP contribution in [0.2, 0.25) is 0 Å². The van der Waals surface area contributed by atoms with Gasteiger partial charge in [0.1, 0.15) is 0 Å². The highest BCUT2D eigenvalue weighted by molar-refractivity contribution is 5.66. The summed E-state index contributed by atoms with van der Waals surface area (Å²) in [6.45, 7) is 0.579. The fourth-order valence-corrected chi connectivity index (χ4v) is 1.85. The molecule has 0 aliphatic heterocycles. The number of ether oxygens (including phenoxy) is 1. The number of rotatable bonds is 6. The Hall–Kier alpha value is -2.67. The third-order valence-corrected chi connectivity index (χ3v) is 2.90. The largest absolute Gasteiger partial charge is 0.481 e. The van der Waals surface area contributed by atoms with Crippen LogP contribution >= 0.6 is 0 Å². The van der Waals surface area contributed by atoms with Gasteiger partial charge in [-0.1, -0.05) is 12.1 Å². The van der Waals surface area contributed by atoms with E-state index in [1.165, 1.54) is 19.2 Å². The van der Waals surface area contributed by atoms with E-state index in [1.807, 2.05) is 24.3 Å². The Morgan fingerprint density at radius 3 is 2.57 bits per heavy atom. The molecule has 0 spiro atoms. The van der Waals surface area contributed by atoms with Crippen LogP contribution in [0.1, 0.15) is 5.56 Å². The van der Waals surface area contributed by atoms with E-state index in [4.69, 9.17) is 10.5 Å². The molecule has 0 bridgehead atoms. The minimum atomic E-state index is -0.489. The number of hydrogen-bond donors (Lipinski definition) is 2. The van der Waals surface area contributed by atoms with Gasteiger partial charge in [-0.15, -0.1) is 0 Å². The third kappa shape index (κ3) is 3.67. The maximum Gasteiger partial charge on any atom is 0.311 e. The molecule has 2 aromatic rings. The number of nitro groups is 1. The van der Waals surface area contributed by atoms with Crippen molar-refractivity contribution in [2.75, 3.05) is 19.0 Å². The molecule has 110 valence electrons. The molecule has 3 N–H and O–H groups in total.